The van der Waals surface area contributed by atoms with Crippen LogP contribution in [-0.2, 0) is 9.59 Å². The quantitative estimate of drug-likeness (QED) is 0.343. The lowest BCUT2D eigenvalue weighted by molar-refractivity contribution is -0.136. The summed E-state index contributed by atoms with van der Waals surface area (Å²) in [5.74, 6) is -1.23. The van der Waals surface area contributed by atoms with E-state index in [0.29, 0.717) is 23.1 Å². The fourth-order valence-electron chi connectivity index (χ4n) is 3.17. The minimum Gasteiger partial charge on any atom is -0.492 e. The number of carbonyl (C=O) groups is 2. The van der Waals surface area contributed by atoms with Crippen molar-refractivity contribution < 1.29 is 14.3 Å². The van der Waals surface area contributed by atoms with Gasteiger partial charge in [-0.1, -0.05) is 29.8 Å². The molecule has 0 aliphatic rings. The van der Waals surface area contributed by atoms with Crippen molar-refractivity contribution in [2.24, 2.45) is 5.10 Å². The van der Waals surface area contributed by atoms with E-state index in [1.54, 1.807) is 24.3 Å². The highest BCUT2D eigenvalue weighted by Gasteiger charge is 2.15. The Balaban J connectivity index is 1.68. The van der Waals surface area contributed by atoms with Gasteiger partial charge < -0.3 is 14.6 Å². The summed E-state index contributed by atoms with van der Waals surface area (Å²) in [4.78, 5) is 24.3. The third kappa shape index (κ3) is 5.32. The van der Waals surface area contributed by atoms with Crippen LogP contribution in [0.4, 0.5) is 5.69 Å². The number of halogens is 1. The second-order valence-corrected chi connectivity index (χ2v) is 7.16. The molecular formula is C23H23ClN4O3. The number of aromatic nitrogens is 1. The molecule has 0 bridgehead atoms. The van der Waals surface area contributed by atoms with Crippen LogP contribution in [0.25, 0.3) is 5.69 Å². The monoisotopic (exact) mass is 438 g/mol. The van der Waals surface area contributed by atoms with Crippen molar-refractivity contribution in [3.8, 4) is 11.4 Å². The Morgan fingerprint density at radius 1 is 1.10 bits per heavy atom. The summed E-state index contributed by atoms with van der Waals surface area (Å²) >= 11 is 6.11. The van der Waals surface area contributed by atoms with Gasteiger partial charge in [-0.25, -0.2) is 5.43 Å². The van der Waals surface area contributed by atoms with E-state index in [0.717, 1.165) is 22.6 Å². The lowest BCUT2D eigenvalue weighted by atomic mass is 10.2. The molecular weight excluding hydrogens is 416 g/mol. The van der Waals surface area contributed by atoms with E-state index in [4.69, 9.17) is 16.3 Å². The van der Waals surface area contributed by atoms with E-state index in [1.807, 2.05) is 55.7 Å². The van der Waals surface area contributed by atoms with E-state index < -0.39 is 11.8 Å². The fraction of sp³-hybridized carbons (Fsp3) is 0.174. The van der Waals surface area contributed by atoms with Gasteiger partial charge in [0.25, 0.3) is 0 Å². The Bertz CT molecular complexity index is 1140. The maximum absolute atomic E-state index is 12.2. The lowest BCUT2D eigenvalue weighted by Crippen LogP contribution is -2.32. The SMILES string of the molecule is CCOc1ccccc1NC(=O)C(=O)N/N=C\c1cc(C)n(-c2cccc(Cl)c2)c1C. The smallest absolute Gasteiger partial charge is 0.329 e. The Morgan fingerprint density at radius 3 is 2.61 bits per heavy atom. The molecule has 1 heterocycles. The summed E-state index contributed by atoms with van der Waals surface area (Å²) in [5.41, 5.74) is 6.31. The summed E-state index contributed by atoms with van der Waals surface area (Å²) in [6, 6.07) is 16.4. The zero-order valence-electron chi connectivity index (χ0n) is 17.5. The van der Waals surface area contributed by atoms with Crippen LogP contribution in [0.3, 0.4) is 0 Å². The van der Waals surface area contributed by atoms with Gasteiger partial charge in [0.1, 0.15) is 5.75 Å². The Labute approximate surface area is 185 Å². The highest BCUT2D eigenvalue weighted by atomic mass is 35.5. The minimum atomic E-state index is -0.883. The number of rotatable bonds is 6. The number of carbonyl (C=O) groups excluding carboxylic acids is 2. The number of nitrogens with one attached hydrogen (secondary N) is 2. The minimum absolute atomic E-state index is 0.415. The predicted octanol–water partition coefficient (Wildman–Crippen LogP) is 4.24. The summed E-state index contributed by atoms with van der Waals surface area (Å²) in [7, 11) is 0. The Hall–Kier alpha value is -3.58. The Kier molecular flexibility index (Phi) is 7.10. The van der Waals surface area contributed by atoms with Crippen molar-refractivity contribution in [1.29, 1.82) is 0 Å². The first kappa shape index (κ1) is 22.1. The van der Waals surface area contributed by atoms with Crippen molar-refractivity contribution in [2.75, 3.05) is 11.9 Å². The van der Waals surface area contributed by atoms with E-state index in [-0.39, 0.29) is 0 Å². The second-order valence-electron chi connectivity index (χ2n) is 6.72. The lowest BCUT2D eigenvalue weighted by Gasteiger charge is -2.10. The van der Waals surface area contributed by atoms with Crippen LogP contribution >= 0.6 is 11.6 Å². The van der Waals surface area contributed by atoms with E-state index in [2.05, 4.69) is 15.8 Å². The molecule has 8 heteroatoms. The number of hydrogen-bond acceptors (Lipinski definition) is 4. The van der Waals surface area contributed by atoms with Gasteiger partial charge in [0.15, 0.2) is 0 Å². The van der Waals surface area contributed by atoms with E-state index in [1.165, 1.54) is 6.21 Å². The average molecular weight is 439 g/mol. The highest BCUT2D eigenvalue weighted by molar-refractivity contribution is 6.39. The molecule has 2 aromatic carbocycles. The molecule has 3 rings (SSSR count). The largest absolute Gasteiger partial charge is 0.492 e. The normalized spacial score (nSPS) is 10.8. The average Bonchev–Trinajstić information content (AvgIpc) is 3.02. The number of hydrazone groups is 1. The summed E-state index contributed by atoms with van der Waals surface area (Å²) in [6.07, 6.45) is 1.50. The molecule has 7 nitrogen and oxygen atoms in total. The number of ether oxygens (including phenoxy) is 1. The number of amides is 2. The van der Waals surface area contributed by atoms with Gasteiger partial charge in [-0.3, -0.25) is 9.59 Å². The molecule has 0 aliphatic carbocycles. The molecule has 0 unspecified atom stereocenters. The molecule has 0 atom stereocenters. The van der Waals surface area contributed by atoms with E-state index >= 15 is 0 Å². The number of nitrogens with zero attached hydrogens (tertiary/aromatic N) is 2. The number of para-hydroxylation sites is 2. The van der Waals surface area contributed by atoms with Crippen LogP contribution in [0.1, 0.15) is 23.9 Å². The van der Waals surface area contributed by atoms with Gasteiger partial charge in [-0.2, -0.15) is 5.10 Å². The first-order valence-electron chi connectivity index (χ1n) is 9.71. The van der Waals surface area contributed by atoms with Crippen LogP contribution in [-0.4, -0.2) is 29.2 Å². The van der Waals surface area contributed by atoms with Gasteiger partial charge in [0.2, 0.25) is 0 Å². The number of hydrogen-bond donors (Lipinski definition) is 2. The van der Waals surface area contributed by atoms with Crippen molar-refractivity contribution in [3.05, 3.63) is 76.6 Å². The maximum atomic E-state index is 12.2. The molecule has 0 spiro atoms. The predicted molar refractivity (Wildman–Crippen MR) is 122 cm³/mol. The topological polar surface area (TPSA) is 84.7 Å². The Morgan fingerprint density at radius 2 is 1.87 bits per heavy atom. The molecule has 0 saturated heterocycles. The molecule has 2 N–H and O–H groups in total. The summed E-state index contributed by atoms with van der Waals surface area (Å²) in [5, 5.41) is 7.11. The number of aryl methyl sites for hydroxylation is 1. The number of anilines is 1. The number of benzene rings is 2. The van der Waals surface area contributed by atoms with Crippen molar-refractivity contribution >= 4 is 35.3 Å². The van der Waals surface area contributed by atoms with Crippen LogP contribution < -0.4 is 15.5 Å². The molecule has 2 amide bonds. The van der Waals surface area contributed by atoms with Crippen LogP contribution in [0, 0.1) is 13.8 Å². The van der Waals surface area contributed by atoms with Crippen LogP contribution in [0.15, 0.2) is 59.7 Å². The zero-order chi connectivity index (χ0) is 22.4. The molecule has 31 heavy (non-hydrogen) atoms. The summed E-state index contributed by atoms with van der Waals surface area (Å²) in [6.45, 7) is 6.18. The van der Waals surface area contributed by atoms with Gasteiger partial charge in [0.05, 0.1) is 18.5 Å². The molecule has 0 fully saturated rings. The third-order valence-corrected chi connectivity index (χ3v) is 4.78. The molecule has 1 aromatic heterocycles. The van der Waals surface area contributed by atoms with Gasteiger partial charge in [0, 0.05) is 27.7 Å². The zero-order valence-corrected chi connectivity index (χ0v) is 18.2. The highest BCUT2D eigenvalue weighted by Crippen LogP contribution is 2.24. The molecule has 0 saturated carbocycles. The van der Waals surface area contributed by atoms with Crippen LogP contribution in [0.5, 0.6) is 5.75 Å². The first-order valence-corrected chi connectivity index (χ1v) is 10.1. The second kappa shape index (κ2) is 9.95. The van der Waals surface area contributed by atoms with Gasteiger partial charge in [-0.15, -0.1) is 0 Å². The van der Waals surface area contributed by atoms with Gasteiger partial charge >= 0.3 is 11.8 Å². The summed E-state index contributed by atoms with van der Waals surface area (Å²) < 4.78 is 7.47. The van der Waals surface area contributed by atoms with Crippen molar-refractivity contribution in [1.82, 2.24) is 9.99 Å². The molecule has 0 aliphatic heterocycles. The standard InChI is InChI=1S/C23H23ClN4O3/c1-4-31-21-11-6-5-10-20(21)26-22(29)23(30)27-25-14-17-12-15(2)28(16(17)3)19-9-7-8-18(24)13-19/h5-14H,4H2,1-3H3,(H,26,29)(H,27,30)/b25-14-. The maximum Gasteiger partial charge on any atom is 0.329 e. The van der Waals surface area contributed by atoms with E-state index in [9.17, 15) is 9.59 Å². The molecule has 160 valence electrons. The first-order chi connectivity index (χ1) is 14.9. The van der Waals surface area contributed by atoms with Crippen molar-refractivity contribution in [2.45, 2.75) is 20.8 Å². The fourth-order valence-corrected chi connectivity index (χ4v) is 3.36. The van der Waals surface area contributed by atoms with Gasteiger partial charge in [-0.05, 0) is 57.2 Å². The van der Waals surface area contributed by atoms with Crippen LogP contribution in [0.2, 0.25) is 5.02 Å². The third-order valence-electron chi connectivity index (χ3n) is 4.55. The molecule has 3 aromatic rings. The van der Waals surface area contributed by atoms with Crippen molar-refractivity contribution in [3.63, 3.8) is 0 Å². The molecule has 0 radical (unpaired) electrons.